The lowest BCUT2D eigenvalue weighted by atomic mass is 10.1. The van der Waals surface area contributed by atoms with Crippen LogP contribution in [0.5, 0.6) is 0 Å². The van der Waals surface area contributed by atoms with E-state index in [0.717, 1.165) is 21.3 Å². The van der Waals surface area contributed by atoms with Crippen LogP contribution in [0.25, 0.3) is 0 Å². The van der Waals surface area contributed by atoms with Gasteiger partial charge in [0.2, 0.25) is 0 Å². The minimum atomic E-state index is -1.38. The molecule has 0 fully saturated rings. The molecule has 0 aliphatic carbocycles. The molecule has 3 aromatic rings. The maximum Gasteiger partial charge on any atom is 0.339 e. The summed E-state index contributed by atoms with van der Waals surface area (Å²) in [5, 5.41) is 0. The number of hydrogen-bond acceptors (Lipinski definition) is 12. The van der Waals surface area contributed by atoms with Gasteiger partial charge in [0, 0.05) is 0 Å². The fourth-order valence-electron chi connectivity index (χ4n) is 3.67. The zero-order chi connectivity index (χ0) is 30.6. The van der Waals surface area contributed by atoms with Crippen molar-refractivity contribution in [1.82, 2.24) is 0 Å². The van der Waals surface area contributed by atoms with E-state index in [-0.39, 0.29) is 33.4 Å². The Morgan fingerprint density at radius 3 is 1.00 bits per heavy atom. The summed E-state index contributed by atoms with van der Waals surface area (Å²) in [4.78, 5) is 75.0. The van der Waals surface area contributed by atoms with Crippen LogP contribution in [-0.2, 0) is 28.4 Å². The molecule has 0 heterocycles. The number of methoxy groups -OCH3 is 3. The summed E-state index contributed by atoms with van der Waals surface area (Å²) in [6, 6.07) is 17.2. The molecule has 0 saturated carbocycles. The van der Waals surface area contributed by atoms with E-state index in [4.69, 9.17) is 28.4 Å². The van der Waals surface area contributed by atoms with Crippen LogP contribution in [0.4, 0.5) is 0 Å². The van der Waals surface area contributed by atoms with Crippen LogP contribution in [0.15, 0.2) is 72.8 Å². The SMILES string of the molecule is COC(=O)c1ccccc1C(=O)OCC(COC(=O)c1ccccc1C(=O)OC)OC(=O)c1ccccc1C(=O)OC. The summed E-state index contributed by atoms with van der Waals surface area (Å²) in [5.74, 6) is -5.25. The predicted molar refractivity (Wildman–Crippen MR) is 143 cm³/mol. The lowest BCUT2D eigenvalue weighted by molar-refractivity contribution is -0.0255. The van der Waals surface area contributed by atoms with Gasteiger partial charge >= 0.3 is 35.8 Å². The van der Waals surface area contributed by atoms with Crippen molar-refractivity contribution in [2.45, 2.75) is 6.10 Å². The molecule has 0 unspecified atom stereocenters. The first kappa shape index (κ1) is 31.0. The molecule has 0 aliphatic heterocycles. The Morgan fingerprint density at radius 1 is 0.452 bits per heavy atom. The first-order chi connectivity index (χ1) is 20.2. The minimum absolute atomic E-state index is 0.0589. The minimum Gasteiger partial charge on any atom is -0.465 e. The van der Waals surface area contributed by atoms with Gasteiger partial charge in [-0.05, 0) is 36.4 Å². The monoisotopic (exact) mass is 578 g/mol. The van der Waals surface area contributed by atoms with E-state index in [1.54, 1.807) is 0 Å². The second-order valence-corrected chi connectivity index (χ2v) is 8.34. The standard InChI is InChI=1S/C30H26O12/c1-37-25(31)19-10-4-7-13-22(19)28(34)40-16-18(42-30(36)24-15-9-6-12-21(24)27(33)39-3)17-41-29(35)23-14-8-5-11-20(23)26(32)38-2/h4-15,18H,16-17H2,1-3H3. The molecule has 0 aromatic heterocycles. The zero-order valence-electron chi connectivity index (χ0n) is 22.8. The number of esters is 6. The van der Waals surface area contributed by atoms with E-state index in [9.17, 15) is 28.8 Å². The van der Waals surface area contributed by atoms with Gasteiger partial charge in [-0.25, -0.2) is 28.8 Å². The van der Waals surface area contributed by atoms with Gasteiger partial charge in [0.05, 0.1) is 54.7 Å². The molecule has 218 valence electrons. The second-order valence-electron chi connectivity index (χ2n) is 8.34. The van der Waals surface area contributed by atoms with E-state index in [1.807, 2.05) is 0 Å². The lowest BCUT2D eigenvalue weighted by Crippen LogP contribution is -2.32. The van der Waals surface area contributed by atoms with Gasteiger partial charge in [-0.3, -0.25) is 0 Å². The Labute approximate surface area is 240 Å². The van der Waals surface area contributed by atoms with Crippen molar-refractivity contribution in [3.05, 3.63) is 106 Å². The molecular formula is C30H26O12. The van der Waals surface area contributed by atoms with Gasteiger partial charge in [-0.15, -0.1) is 0 Å². The van der Waals surface area contributed by atoms with Crippen molar-refractivity contribution in [2.24, 2.45) is 0 Å². The first-order valence-electron chi connectivity index (χ1n) is 12.3. The van der Waals surface area contributed by atoms with Crippen LogP contribution < -0.4 is 0 Å². The van der Waals surface area contributed by atoms with E-state index in [0.29, 0.717) is 0 Å². The van der Waals surface area contributed by atoms with Crippen molar-refractivity contribution in [3.63, 3.8) is 0 Å². The highest BCUT2D eigenvalue weighted by atomic mass is 16.6. The molecule has 0 saturated heterocycles. The highest BCUT2D eigenvalue weighted by molar-refractivity contribution is 6.04. The molecule has 3 aromatic carbocycles. The Morgan fingerprint density at radius 2 is 0.714 bits per heavy atom. The summed E-state index contributed by atoms with van der Waals surface area (Å²) in [5.41, 5.74) is -0.590. The molecule has 0 spiro atoms. The van der Waals surface area contributed by atoms with Gasteiger partial charge in [0.25, 0.3) is 0 Å². The van der Waals surface area contributed by atoms with Gasteiger partial charge in [0.15, 0.2) is 6.10 Å². The summed E-state index contributed by atoms with van der Waals surface area (Å²) in [6.07, 6.45) is -1.38. The Balaban J connectivity index is 1.84. The normalized spacial score (nSPS) is 10.3. The topological polar surface area (TPSA) is 158 Å². The van der Waals surface area contributed by atoms with Crippen molar-refractivity contribution in [2.75, 3.05) is 34.5 Å². The molecule has 0 radical (unpaired) electrons. The van der Waals surface area contributed by atoms with Gasteiger partial charge in [0.1, 0.15) is 13.2 Å². The molecular weight excluding hydrogens is 552 g/mol. The average molecular weight is 579 g/mol. The summed E-state index contributed by atoms with van der Waals surface area (Å²) in [6.45, 7) is -1.24. The smallest absolute Gasteiger partial charge is 0.339 e. The fourth-order valence-corrected chi connectivity index (χ4v) is 3.67. The maximum absolute atomic E-state index is 13.1. The summed E-state index contributed by atoms with van der Waals surface area (Å²) >= 11 is 0. The van der Waals surface area contributed by atoms with Crippen LogP contribution in [0, 0.1) is 0 Å². The van der Waals surface area contributed by atoms with Gasteiger partial charge < -0.3 is 28.4 Å². The number of hydrogen-bond donors (Lipinski definition) is 0. The average Bonchev–Trinajstić information content (AvgIpc) is 3.04. The Kier molecular flexibility index (Phi) is 10.9. The van der Waals surface area contributed by atoms with E-state index in [1.165, 1.54) is 72.8 Å². The maximum atomic E-state index is 13.1. The highest BCUT2D eigenvalue weighted by Crippen LogP contribution is 2.17. The molecule has 12 heteroatoms. The fraction of sp³-hybridized carbons (Fsp3) is 0.200. The van der Waals surface area contributed by atoms with Crippen LogP contribution in [0.2, 0.25) is 0 Å². The largest absolute Gasteiger partial charge is 0.465 e. The Bertz CT molecular complexity index is 1420. The third kappa shape index (κ3) is 7.56. The van der Waals surface area contributed by atoms with Gasteiger partial charge in [-0.1, -0.05) is 36.4 Å². The molecule has 0 bridgehead atoms. The predicted octanol–water partition coefficient (Wildman–Crippen LogP) is 3.29. The number of carbonyl (C=O) groups is 6. The molecule has 42 heavy (non-hydrogen) atoms. The van der Waals surface area contributed by atoms with Gasteiger partial charge in [-0.2, -0.15) is 0 Å². The van der Waals surface area contributed by atoms with Crippen LogP contribution in [0.3, 0.4) is 0 Å². The zero-order valence-corrected chi connectivity index (χ0v) is 22.8. The van der Waals surface area contributed by atoms with Crippen molar-refractivity contribution < 1.29 is 57.2 Å². The van der Waals surface area contributed by atoms with E-state index in [2.05, 4.69) is 0 Å². The number of carbonyl (C=O) groups excluding carboxylic acids is 6. The van der Waals surface area contributed by atoms with Crippen molar-refractivity contribution in [3.8, 4) is 0 Å². The third-order valence-electron chi connectivity index (χ3n) is 5.73. The first-order valence-corrected chi connectivity index (χ1v) is 12.3. The van der Waals surface area contributed by atoms with Crippen molar-refractivity contribution in [1.29, 1.82) is 0 Å². The second kappa shape index (κ2) is 14.7. The quantitative estimate of drug-likeness (QED) is 0.242. The third-order valence-corrected chi connectivity index (χ3v) is 5.73. The Hall–Kier alpha value is -5.52. The number of rotatable bonds is 11. The van der Waals surface area contributed by atoms with Crippen LogP contribution in [0.1, 0.15) is 62.1 Å². The summed E-state index contributed by atoms with van der Waals surface area (Å²) < 4.78 is 30.1. The van der Waals surface area contributed by atoms with Crippen molar-refractivity contribution >= 4 is 35.8 Å². The van der Waals surface area contributed by atoms with E-state index >= 15 is 0 Å². The molecule has 0 atom stereocenters. The molecule has 0 aliphatic rings. The summed E-state index contributed by atoms with van der Waals surface area (Å²) in [7, 11) is 3.45. The lowest BCUT2D eigenvalue weighted by Gasteiger charge is -2.19. The highest BCUT2D eigenvalue weighted by Gasteiger charge is 2.27. The number of ether oxygens (including phenoxy) is 6. The molecule has 12 nitrogen and oxygen atoms in total. The number of benzene rings is 3. The molecule has 3 rings (SSSR count). The molecule has 0 amide bonds. The molecule has 0 N–H and O–H groups in total. The van der Waals surface area contributed by atoms with Crippen LogP contribution >= 0.6 is 0 Å². The van der Waals surface area contributed by atoms with Crippen LogP contribution in [-0.4, -0.2) is 76.5 Å². The van der Waals surface area contributed by atoms with E-state index < -0.39 is 55.1 Å².